The highest BCUT2D eigenvalue weighted by Gasteiger charge is 2.25. The largest absolute Gasteiger partial charge is 0.479 e. The first-order valence-electron chi connectivity index (χ1n) is 7.62. The molecule has 0 radical (unpaired) electrons. The van der Waals surface area contributed by atoms with Crippen molar-refractivity contribution in [2.24, 2.45) is 0 Å². The van der Waals surface area contributed by atoms with Crippen LogP contribution in [-0.4, -0.2) is 22.1 Å². The minimum Gasteiger partial charge on any atom is -0.479 e. The van der Waals surface area contributed by atoms with E-state index < -0.39 is 17.9 Å². The Labute approximate surface area is 134 Å². The van der Waals surface area contributed by atoms with Crippen LogP contribution in [0.15, 0.2) is 40.9 Å². The molecule has 0 saturated heterocycles. The summed E-state index contributed by atoms with van der Waals surface area (Å²) in [4.78, 5) is 23.6. The van der Waals surface area contributed by atoms with Gasteiger partial charge in [0.15, 0.2) is 6.04 Å². The van der Waals surface area contributed by atoms with E-state index in [0.717, 1.165) is 12.8 Å². The molecular weight excluding hydrogens is 296 g/mol. The van der Waals surface area contributed by atoms with Gasteiger partial charge in [0.1, 0.15) is 0 Å². The fourth-order valence-corrected chi connectivity index (χ4v) is 2.43. The molecule has 0 aliphatic rings. The molecule has 2 N–H and O–H groups in total. The van der Waals surface area contributed by atoms with E-state index in [4.69, 9.17) is 4.52 Å². The summed E-state index contributed by atoms with van der Waals surface area (Å²) in [5.41, 5.74) is 1.21. The molecule has 1 heterocycles. The number of nitrogens with one attached hydrogen (secondary N) is 1. The molecule has 0 bridgehead atoms. The van der Waals surface area contributed by atoms with Crippen LogP contribution in [0.4, 0.5) is 0 Å². The number of carboxylic acid groups (broad SMARTS) is 1. The molecule has 2 aromatic rings. The van der Waals surface area contributed by atoms with Crippen LogP contribution >= 0.6 is 0 Å². The molecule has 1 aromatic heterocycles. The number of benzene rings is 1. The summed E-state index contributed by atoms with van der Waals surface area (Å²) in [7, 11) is 0. The SMILES string of the molecule is CCC(CC)c1cc(C(=O)N[C@H](C(=O)O)c2ccccc2)on1. The van der Waals surface area contributed by atoms with Crippen LogP contribution in [0.25, 0.3) is 0 Å². The van der Waals surface area contributed by atoms with Gasteiger partial charge >= 0.3 is 5.97 Å². The van der Waals surface area contributed by atoms with Crippen molar-refractivity contribution in [3.05, 3.63) is 53.4 Å². The van der Waals surface area contributed by atoms with Gasteiger partial charge in [0.2, 0.25) is 5.76 Å². The van der Waals surface area contributed by atoms with Gasteiger partial charge in [-0.3, -0.25) is 4.79 Å². The van der Waals surface area contributed by atoms with Crippen molar-refractivity contribution in [3.63, 3.8) is 0 Å². The van der Waals surface area contributed by atoms with E-state index in [9.17, 15) is 14.7 Å². The molecule has 1 atom stereocenters. The first-order valence-corrected chi connectivity index (χ1v) is 7.62. The van der Waals surface area contributed by atoms with E-state index in [2.05, 4.69) is 10.5 Å². The van der Waals surface area contributed by atoms with Crippen LogP contribution in [0.2, 0.25) is 0 Å². The van der Waals surface area contributed by atoms with Gasteiger partial charge in [0.05, 0.1) is 5.69 Å². The second-order valence-electron chi connectivity index (χ2n) is 5.28. The van der Waals surface area contributed by atoms with E-state index in [1.807, 2.05) is 13.8 Å². The van der Waals surface area contributed by atoms with Crippen molar-refractivity contribution in [1.82, 2.24) is 10.5 Å². The van der Waals surface area contributed by atoms with Gasteiger partial charge in [-0.25, -0.2) is 4.79 Å². The summed E-state index contributed by atoms with van der Waals surface area (Å²) < 4.78 is 5.07. The summed E-state index contributed by atoms with van der Waals surface area (Å²) in [5.74, 6) is -1.48. The fourth-order valence-electron chi connectivity index (χ4n) is 2.43. The molecule has 122 valence electrons. The predicted molar refractivity (Wildman–Crippen MR) is 84.1 cm³/mol. The second-order valence-corrected chi connectivity index (χ2v) is 5.28. The average Bonchev–Trinajstić information content (AvgIpc) is 3.04. The number of carbonyl (C=O) groups excluding carboxylic acids is 1. The molecule has 1 amide bonds. The molecule has 0 saturated carbocycles. The first kappa shape index (κ1) is 16.7. The van der Waals surface area contributed by atoms with Crippen LogP contribution in [-0.2, 0) is 4.79 Å². The van der Waals surface area contributed by atoms with Gasteiger partial charge in [-0.2, -0.15) is 0 Å². The highest BCUT2D eigenvalue weighted by molar-refractivity contribution is 5.94. The summed E-state index contributed by atoms with van der Waals surface area (Å²) in [5, 5.41) is 15.7. The monoisotopic (exact) mass is 316 g/mol. The van der Waals surface area contributed by atoms with Crippen molar-refractivity contribution in [2.75, 3.05) is 0 Å². The average molecular weight is 316 g/mol. The standard InChI is InChI=1S/C17H20N2O4/c1-3-11(4-2)13-10-14(23-19-13)16(20)18-15(17(21)22)12-8-6-5-7-9-12/h5-11,15H,3-4H2,1-2H3,(H,18,20)(H,21,22)/t15-/m0/s1. The maximum absolute atomic E-state index is 12.2. The molecule has 6 heteroatoms. The molecule has 0 spiro atoms. The zero-order valence-electron chi connectivity index (χ0n) is 13.2. The minimum atomic E-state index is -1.13. The molecule has 0 unspecified atom stereocenters. The van der Waals surface area contributed by atoms with Gasteiger partial charge in [-0.05, 0) is 18.4 Å². The Balaban J connectivity index is 2.15. The third-order valence-corrected chi connectivity index (χ3v) is 3.81. The van der Waals surface area contributed by atoms with Crippen molar-refractivity contribution < 1.29 is 19.2 Å². The second kappa shape index (κ2) is 7.58. The number of hydrogen-bond donors (Lipinski definition) is 2. The Morgan fingerprint density at radius 1 is 1.22 bits per heavy atom. The van der Waals surface area contributed by atoms with E-state index in [1.54, 1.807) is 36.4 Å². The Morgan fingerprint density at radius 3 is 2.43 bits per heavy atom. The number of hydrogen-bond acceptors (Lipinski definition) is 4. The maximum atomic E-state index is 12.2. The van der Waals surface area contributed by atoms with E-state index in [1.165, 1.54) is 0 Å². The smallest absolute Gasteiger partial charge is 0.330 e. The lowest BCUT2D eigenvalue weighted by Gasteiger charge is -2.13. The van der Waals surface area contributed by atoms with E-state index in [-0.39, 0.29) is 11.7 Å². The van der Waals surface area contributed by atoms with Crippen LogP contribution in [0.3, 0.4) is 0 Å². The number of nitrogens with zero attached hydrogens (tertiary/aromatic N) is 1. The Morgan fingerprint density at radius 2 is 1.87 bits per heavy atom. The maximum Gasteiger partial charge on any atom is 0.330 e. The Kier molecular flexibility index (Phi) is 5.51. The summed E-state index contributed by atoms with van der Waals surface area (Å²) >= 11 is 0. The van der Waals surface area contributed by atoms with Crippen LogP contribution < -0.4 is 5.32 Å². The summed E-state index contributed by atoms with van der Waals surface area (Å²) in [6.07, 6.45) is 1.79. The number of aliphatic carboxylic acids is 1. The van der Waals surface area contributed by atoms with Crippen LogP contribution in [0, 0.1) is 0 Å². The van der Waals surface area contributed by atoms with E-state index in [0.29, 0.717) is 11.3 Å². The third-order valence-electron chi connectivity index (χ3n) is 3.81. The number of carboxylic acids is 1. The van der Waals surface area contributed by atoms with Gasteiger partial charge in [-0.1, -0.05) is 49.3 Å². The molecular formula is C17H20N2O4. The predicted octanol–water partition coefficient (Wildman–Crippen LogP) is 3.13. The fraction of sp³-hybridized carbons (Fsp3) is 0.353. The number of aromatic nitrogens is 1. The van der Waals surface area contributed by atoms with Crippen molar-refractivity contribution in [2.45, 2.75) is 38.6 Å². The number of amides is 1. The normalized spacial score (nSPS) is 12.1. The Hall–Kier alpha value is -2.63. The quantitative estimate of drug-likeness (QED) is 0.818. The van der Waals surface area contributed by atoms with Crippen molar-refractivity contribution in [1.29, 1.82) is 0 Å². The highest BCUT2D eigenvalue weighted by Crippen LogP contribution is 2.23. The lowest BCUT2D eigenvalue weighted by Crippen LogP contribution is -2.33. The van der Waals surface area contributed by atoms with Gasteiger partial charge in [0, 0.05) is 12.0 Å². The topological polar surface area (TPSA) is 92.4 Å². The molecule has 1 aromatic carbocycles. The van der Waals surface area contributed by atoms with Gasteiger partial charge in [0.25, 0.3) is 5.91 Å². The summed E-state index contributed by atoms with van der Waals surface area (Å²) in [6, 6.07) is 8.96. The minimum absolute atomic E-state index is 0.0223. The van der Waals surface area contributed by atoms with E-state index >= 15 is 0 Å². The zero-order chi connectivity index (χ0) is 16.8. The molecule has 0 fully saturated rings. The van der Waals surface area contributed by atoms with Crippen molar-refractivity contribution >= 4 is 11.9 Å². The summed E-state index contributed by atoms with van der Waals surface area (Å²) in [6.45, 7) is 4.08. The molecule has 6 nitrogen and oxygen atoms in total. The number of carbonyl (C=O) groups is 2. The lowest BCUT2D eigenvalue weighted by molar-refractivity contribution is -0.139. The molecule has 0 aliphatic heterocycles. The third kappa shape index (κ3) is 3.97. The van der Waals surface area contributed by atoms with Crippen LogP contribution in [0.5, 0.6) is 0 Å². The first-order chi connectivity index (χ1) is 11.1. The lowest BCUT2D eigenvalue weighted by atomic mass is 9.99. The molecule has 23 heavy (non-hydrogen) atoms. The van der Waals surface area contributed by atoms with Gasteiger partial charge < -0.3 is 14.9 Å². The molecule has 2 rings (SSSR count). The zero-order valence-corrected chi connectivity index (χ0v) is 13.2. The highest BCUT2D eigenvalue weighted by atomic mass is 16.5. The Bertz CT molecular complexity index is 662. The van der Waals surface area contributed by atoms with Gasteiger partial charge in [-0.15, -0.1) is 0 Å². The molecule has 0 aliphatic carbocycles. The van der Waals surface area contributed by atoms with Crippen molar-refractivity contribution in [3.8, 4) is 0 Å². The number of rotatable bonds is 7. The van der Waals surface area contributed by atoms with Crippen LogP contribution in [0.1, 0.15) is 60.5 Å².